The zero-order chi connectivity index (χ0) is 19.0. The molecule has 1 aliphatic heterocycles. The van der Waals surface area contributed by atoms with Crippen LogP contribution in [0.5, 0.6) is 0 Å². The summed E-state index contributed by atoms with van der Waals surface area (Å²) in [7, 11) is 0.771. The first-order chi connectivity index (χ1) is 11.5. The topological polar surface area (TPSA) is 78.9 Å². The second-order valence-electron chi connectivity index (χ2n) is 5.49. The lowest BCUT2D eigenvalue weighted by Gasteiger charge is -2.49. The Hall–Kier alpha value is -1.81. The Kier molecular flexibility index (Phi) is 5.33. The van der Waals surface area contributed by atoms with Gasteiger partial charge >= 0.3 is 18.2 Å². The number of benzene rings is 1. The maximum atomic E-state index is 13.7. The number of hydrogen-bond donors (Lipinski definition) is 2. The van der Waals surface area contributed by atoms with Crippen molar-refractivity contribution < 1.29 is 32.6 Å². The molecule has 138 valence electrons. The Morgan fingerprint density at radius 2 is 1.96 bits per heavy atom. The Balaban J connectivity index is 2.62. The molecule has 0 aliphatic carbocycles. The summed E-state index contributed by atoms with van der Waals surface area (Å²) < 4.78 is 46.4. The zero-order valence-corrected chi connectivity index (χ0v) is 14.9. The highest BCUT2D eigenvalue weighted by Crippen LogP contribution is 2.46. The first kappa shape index (κ1) is 19.5. The number of esters is 1. The van der Waals surface area contributed by atoms with Crippen molar-refractivity contribution >= 4 is 27.9 Å². The number of rotatable bonds is 3. The van der Waals surface area contributed by atoms with Gasteiger partial charge in [-0.1, -0.05) is 28.1 Å². The van der Waals surface area contributed by atoms with Gasteiger partial charge in [-0.3, -0.25) is 9.69 Å². The molecule has 1 saturated heterocycles. The van der Waals surface area contributed by atoms with Crippen molar-refractivity contribution in [3.8, 4) is 0 Å². The van der Waals surface area contributed by atoms with E-state index >= 15 is 0 Å². The van der Waals surface area contributed by atoms with Gasteiger partial charge in [-0.05, 0) is 24.6 Å². The highest BCUT2D eigenvalue weighted by atomic mass is 79.9. The van der Waals surface area contributed by atoms with Crippen molar-refractivity contribution in [3.63, 3.8) is 0 Å². The van der Waals surface area contributed by atoms with Crippen LogP contribution in [0, 0.1) is 5.92 Å². The van der Waals surface area contributed by atoms with Crippen molar-refractivity contribution in [2.45, 2.75) is 24.9 Å². The number of halogens is 4. The maximum absolute atomic E-state index is 13.7. The second kappa shape index (κ2) is 6.83. The van der Waals surface area contributed by atoms with Gasteiger partial charge in [0, 0.05) is 11.5 Å². The van der Waals surface area contributed by atoms with Gasteiger partial charge in [0.1, 0.15) is 5.92 Å². The highest BCUT2D eigenvalue weighted by molar-refractivity contribution is 9.10. The number of aliphatic hydroxyl groups is 1. The van der Waals surface area contributed by atoms with E-state index in [4.69, 9.17) is 4.74 Å². The van der Waals surface area contributed by atoms with E-state index in [1.54, 1.807) is 12.1 Å². The van der Waals surface area contributed by atoms with Crippen molar-refractivity contribution in [2.75, 3.05) is 13.7 Å². The number of carbonyl (C=O) groups excluding carboxylic acids is 2. The molecule has 0 saturated carbocycles. The number of ether oxygens (including phenoxy) is 1. The molecule has 2 amide bonds. The number of alkyl halides is 3. The normalized spacial score (nSPS) is 27.0. The number of amides is 2. The van der Waals surface area contributed by atoms with E-state index in [0.717, 1.165) is 7.05 Å². The summed E-state index contributed by atoms with van der Waals surface area (Å²) in [5.41, 5.74) is -3.48. The third kappa shape index (κ3) is 3.32. The number of hydrogen-bond acceptors (Lipinski definition) is 4. The SMILES string of the molecule is CCOC(=O)[C@H]1[C@H](c2ccc(Br)cc2)NC(=O)N(C)[C@@]1(O)C(F)(F)F. The minimum Gasteiger partial charge on any atom is -0.466 e. The molecular weight excluding hydrogens is 409 g/mol. The number of carbonyl (C=O) groups is 2. The van der Waals surface area contributed by atoms with E-state index < -0.39 is 35.9 Å². The molecule has 1 aliphatic rings. The molecule has 1 aromatic rings. The minimum absolute atomic E-state index is 0.0734. The summed E-state index contributed by atoms with van der Waals surface area (Å²) in [5, 5.41) is 12.7. The molecule has 0 bridgehead atoms. The van der Waals surface area contributed by atoms with Crippen LogP contribution < -0.4 is 5.32 Å². The smallest absolute Gasteiger partial charge is 0.437 e. The second-order valence-corrected chi connectivity index (χ2v) is 6.41. The molecule has 10 heteroatoms. The van der Waals surface area contributed by atoms with Crippen LogP contribution >= 0.6 is 15.9 Å². The van der Waals surface area contributed by atoms with Crippen LogP contribution in [0.3, 0.4) is 0 Å². The summed E-state index contributed by atoms with van der Waals surface area (Å²) in [6.45, 7) is 1.26. The largest absolute Gasteiger partial charge is 0.466 e. The van der Waals surface area contributed by atoms with E-state index in [-0.39, 0.29) is 17.1 Å². The molecule has 3 atom stereocenters. The minimum atomic E-state index is -5.27. The van der Waals surface area contributed by atoms with E-state index in [1.165, 1.54) is 19.1 Å². The fraction of sp³-hybridized carbons (Fsp3) is 0.467. The van der Waals surface area contributed by atoms with Gasteiger partial charge in [0.05, 0.1) is 12.6 Å². The molecule has 25 heavy (non-hydrogen) atoms. The van der Waals surface area contributed by atoms with Crippen LogP contribution in [-0.4, -0.2) is 47.6 Å². The van der Waals surface area contributed by atoms with Crippen molar-refractivity contribution in [3.05, 3.63) is 34.3 Å². The average molecular weight is 425 g/mol. The quantitative estimate of drug-likeness (QED) is 0.730. The van der Waals surface area contributed by atoms with Crippen molar-refractivity contribution in [2.24, 2.45) is 5.92 Å². The molecule has 1 aromatic carbocycles. The van der Waals surface area contributed by atoms with E-state index in [0.29, 0.717) is 4.47 Å². The molecule has 0 unspecified atom stereocenters. The Morgan fingerprint density at radius 3 is 2.44 bits per heavy atom. The summed E-state index contributed by atoms with van der Waals surface area (Å²) in [6.07, 6.45) is -5.27. The van der Waals surface area contributed by atoms with E-state index in [9.17, 15) is 27.9 Å². The van der Waals surface area contributed by atoms with Gasteiger partial charge in [0.25, 0.3) is 5.72 Å². The average Bonchev–Trinajstić information content (AvgIpc) is 2.52. The molecule has 0 aromatic heterocycles. The van der Waals surface area contributed by atoms with Gasteiger partial charge in [-0.25, -0.2) is 4.79 Å². The third-order valence-electron chi connectivity index (χ3n) is 4.05. The predicted molar refractivity (Wildman–Crippen MR) is 84.3 cm³/mol. The molecule has 2 rings (SSSR count). The molecule has 6 nitrogen and oxygen atoms in total. The van der Waals surface area contributed by atoms with E-state index in [1.807, 2.05) is 0 Å². The number of urea groups is 1. The molecule has 0 spiro atoms. The zero-order valence-electron chi connectivity index (χ0n) is 13.3. The monoisotopic (exact) mass is 424 g/mol. The van der Waals surface area contributed by atoms with Crippen LogP contribution in [0.4, 0.5) is 18.0 Å². The number of nitrogens with zero attached hydrogens (tertiary/aromatic N) is 1. The molecule has 2 N–H and O–H groups in total. The van der Waals surface area contributed by atoms with Crippen LogP contribution in [-0.2, 0) is 9.53 Å². The number of nitrogens with one attached hydrogen (secondary N) is 1. The van der Waals surface area contributed by atoms with Crippen LogP contribution in [0.25, 0.3) is 0 Å². The lowest BCUT2D eigenvalue weighted by Crippen LogP contribution is -2.73. The third-order valence-corrected chi connectivity index (χ3v) is 4.58. The van der Waals surface area contributed by atoms with Gasteiger partial charge in [0.2, 0.25) is 0 Å². The van der Waals surface area contributed by atoms with Crippen LogP contribution in [0.2, 0.25) is 0 Å². The molecule has 1 heterocycles. The molecule has 1 fully saturated rings. The standard InChI is InChI=1S/C15H16BrF3N2O4/c1-3-25-12(22)10-11(8-4-6-9(16)7-5-8)20-13(23)21(2)14(10,24)15(17,18)19/h4-7,10-11,24H,3H2,1-2H3,(H,20,23)/t10-,11+,14+/m1/s1. The lowest BCUT2D eigenvalue weighted by molar-refractivity contribution is -0.328. The maximum Gasteiger partial charge on any atom is 0.437 e. The van der Waals surface area contributed by atoms with Gasteiger partial charge in [-0.2, -0.15) is 13.2 Å². The van der Waals surface area contributed by atoms with Gasteiger partial charge < -0.3 is 15.2 Å². The van der Waals surface area contributed by atoms with Gasteiger partial charge in [-0.15, -0.1) is 0 Å². The van der Waals surface area contributed by atoms with Crippen LogP contribution in [0.1, 0.15) is 18.5 Å². The Bertz CT molecular complexity index is 668. The summed E-state index contributed by atoms with van der Waals surface area (Å²) in [5.74, 6) is -3.36. The van der Waals surface area contributed by atoms with E-state index in [2.05, 4.69) is 21.2 Å². The first-order valence-corrected chi connectivity index (χ1v) is 8.08. The van der Waals surface area contributed by atoms with Gasteiger partial charge in [0.15, 0.2) is 0 Å². The molecular formula is C15H16BrF3N2O4. The Morgan fingerprint density at radius 1 is 1.40 bits per heavy atom. The first-order valence-electron chi connectivity index (χ1n) is 7.29. The predicted octanol–water partition coefficient (Wildman–Crippen LogP) is 2.58. The van der Waals surface area contributed by atoms with Crippen molar-refractivity contribution in [1.29, 1.82) is 0 Å². The summed E-state index contributed by atoms with van der Waals surface area (Å²) in [6, 6.07) is 3.42. The fourth-order valence-electron chi connectivity index (χ4n) is 2.75. The highest BCUT2D eigenvalue weighted by Gasteiger charge is 2.69. The fourth-order valence-corrected chi connectivity index (χ4v) is 3.02. The Labute approximate surface area is 150 Å². The van der Waals surface area contributed by atoms with Crippen LogP contribution in [0.15, 0.2) is 28.7 Å². The summed E-state index contributed by atoms with van der Waals surface area (Å²) in [4.78, 5) is 24.4. The van der Waals surface area contributed by atoms with Crippen molar-refractivity contribution in [1.82, 2.24) is 10.2 Å². The lowest BCUT2D eigenvalue weighted by atomic mass is 9.81. The summed E-state index contributed by atoms with van der Waals surface area (Å²) >= 11 is 3.20. The molecule has 0 radical (unpaired) electrons.